The number of benzene rings is 1. The number of rotatable bonds is 8. The maximum Gasteiger partial charge on any atom is 0.251 e. The fourth-order valence-electron chi connectivity index (χ4n) is 3.98. The molecular formula is C26H28N6O2. The molecule has 1 aromatic carbocycles. The Bertz CT molecular complexity index is 1310. The number of amides is 1. The molecule has 0 radical (unpaired) electrons. The summed E-state index contributed by atoms with van der Waals surface area (Å²) in [6.07, 6.45) is 4.88. The third kappa shape index (κ3) is 4.87. The van der Waals surface area contributed by atoms with Gasteiger partial charge in [-0.2, -0.15) is 0 Å². The van der Waals surface area contributed by atoms with Crippen LogP contribution in [0.4, 0.5) is 5.82 Å². The van der Waals surface area contributed by atoms with Crippen LogP contribution < -0.4 is 10.6 Å². The Morgan fingerprint density at radius 1 is 1.03 bits per heavy atom. The molecule has 174 valence electrons. The Labute approximate surface area is 198 Å². The van der Waals surface area contributed by atoms with E-state index >= 15 is 0 Å². The monoisotopic (exact) mass is 456 g/mol. The summed E-state index contributed by atoms with van der Waals surface area (Å²) in [7, 11) is 1.63. The Hall–Kier alpha value is -3.91. The van der Waals surface area contributed by atoms with Crippen LogP contribution in [-0.4, -0.2) is 44.5 Å². The molecule has 0 fully saturated rings. The molecular weight excluding hydrogens is 428 g/mol. The number of hydrogen-bond acceptors (Lipinski definition) is 7. The summed E-state index contributed by atoms with van der Waals surface area (Å²) in [5.41, 5.74) is 4.81. The number of nitrogens with one attached hydrogen (secondary N) is 2. The first-order valence-electron chi connectivity index (χ1n) is 11.2. The first-order valence-corrected chi connectivity index (χ1v) is 11.2. The summed E-state index contributed by atoms with van der Waals surface area (Å²) < 4.78 is 0. The Morgan fingerprint density at radius 3 is 2.65 bits per heavy atom. The van der Waals surface area contributed by atoms with Gasteiger partial charge in [0.05, 0.1) is 29.1 Å². The number of para-hydroxylation sites is 1. The third-order valence-corrected chi connectivity index (χ3v) is 6.16. The molecule has 0 aliphatic rings. The van der Waals surface area contributed by atoms with Crippen LogP contribution in [0.1, 0.15) is 41.4 Å². The van der Waals surface area contributed by atoms with E-state index in [4.69, 9.17) is 0 Å². The predicted molar refractivity (Wildman–Crippen MR) is 132 cm³/mol. The number of anilines is 1. The van der Waals surface area contributed by atoms with Crippen molar-refractivity contribution in [2.75, 3.05) is 18.9 Å². The van der Waals surface area contributed by atoms with Gasteiger partial charge in [0.1, 0.15) is 12.1 Å². The van der Waals surface area contributed by atoms with E-state index in [0.717, 1.165) is 33.5 Å². The van der Waals surface area contributed by atoms with E-state index in [1.54, 1.807) is 25.5 Å². The highest BCUT2D eigenvalue weighted by atomic mass is 16.3. The summed E-state index contributed by atoms with van der Waals surface area (Å²) in [5, 5.41) is 16.3. The van der Waals surface area contributed by atoms with E-state index in [1.165, 1.54) is 6.33 Å². The fraction of sp³-hybridized carbons (Fsp3) is 0.269. The van der Waals surface area contributed by atoms with Gasteiger partial charge in [-0.15, -0.1) is 0 Å². The van der Waals surface area contributed by atoms with Gasteiger partial charge < -0.3 is 15.7 Å². The van der Waals surface area contributed by atoms with Crippen LogP contribution in [0.25, 0.3) is 22.2 Å². The van der Waals surface area contributed by atoms with Crippen molar-refractivity contribution < 1.29 is 9.90 Å². The molecule has 0 aliphatic carbocycles. The number of aliphatic hydroxyl groups is 1. The first kappa shape index (κ1) is 23.3. The number of fused-ring (bicyclic) bond motifs is 1. The van der Waals surface area contributed by atoms with Crippen molar-refractivity contribution in [2.45, 2.75) is 26.4 Å². The molecule has 8 heteroatoms. The van der Waals surface area contributed by atoms with Gasteiger partial charge in [0, 0.05) is 43.0 Å². The zero-order valence-corrected chi connectivity index (χ0v) is 19.5. The predicted octanol–water partition coefficient (Wildman–Crippen LogP) is 3.79. The molecule has 8 nitrogen and oxygen atoms in total. The fourth-order valence-corrected chi connectivity index (χ4v) is 3.98. The van der Waals surface area contributed by atoms with Gasteiger partial charge in [-0.3, -0.25) is 14.8 Å². The molecule has 0 bridgehead atoms. The van der Waals surface area contributed by atoms with E-state index in [9.17, 15) is 9.90 Å². The summed E-state index contributed by atoms with van der Waals surface area (Å²) in [5.74, 6) is 1.06. The second kappa shape index (κ2) is 10.4. The standard InChI is InChI=1S/C26H28N6O2/c1-16(13-30-24-12-23(31-15-32-24)18-7-9-28-19(11-18)14-33)17(2)20-5-4-6-21-22(26(34)27-3)8-10-29-25(20)21/h4-12,15-17,33H,13-14H2,1-3H3,(H,27,34)(H,30,31,32)/t16-,17?/m1/s1. The summed E-state index contributed by atoms with van der Waals surface area (Å²) >= 11 is 0. The highest BCUT2D eigenvalue weighted by Crippen LogP contribution is 2.31. The maximum absolute atomic E-state index is 12.3. The quantitative estimate of drug-likeness (QED) is 0.370. The Balaban J connectivity index is 1.51. The van der Waals surface area contributed by atoms with Gasteiger partial charge in [-0.1, -0.05) is 32.0 Å². The van der Waals surface area contributed by atoms with Crippen molar-refractivity contribution in [1.82, 2.24) is 25.3 Å². The van der Waals surface area contributed by atoms with E-state index in [-0.39, 0.29) is 24.3 Å². The van der Waals surface area contributed by atoms with Crippen molar-refractivity contribution >= 4 is 22.6 Å². The minimum Gasteiger partial charge on any atom is -0.390 e. The molecule has 0 aliphatic heterocycles. The molecule has 4 aromatic rings. The lowest BCUT2D eigenvalue weighted by Gasteiger charge is -2.22. The SMILES string of the molecule is CNC(=O)c1ccnc2c(C(C)[C@H](C)CNc3cc(-c4ccnc(CO)c4)ncn3)cccc12. The Morgan fingerprint density at radius 2 is 1.85 bits per heavy atom. The van der Waals surface area contributed by atoms with Crippen LogP contribution in [0.2, 0.25) is 0 Å². The van der Waals surface area contributed by atoms with Gasteiger partial charge >= 0.3 is 0 Å². The van der Waals surface area contributed by atoms with Crippen molar-refractivity contribution in [2.24, 2.45) is 5.92 Å². The van der Waals surface area contributed by atoms with Crippen LogP contribution in [-0.2, 0) is 6.61 Å². The largest absolute Gasteiger partial charge is 0.390 e. The maximum atomic E-state index is 12.3. The molecule has 1 amide bonds. The second-order valence-corrected chi connectivity index (χ2v) is 8.31. The average Bonchev–Trinajstić information content (AvgIpc) is 2.90. The zero-order valence-electron chi connectivity index (χ0n) is 19.5. The van der Waals surface area contributed by atoms with Gasteiger partial charge in [-0.05, 0) is 35.6 Å². The summed E-state index contributed by atoms with van der Waals surface area (Å²) in [6.45, 7) is 4.93. The zero-order chi connectivity index (χ0) is 24.1. The smallest absolute Gasteiger partial charge is 0.251 e. The van der Waals surface area contributed by atoms with Gasteiger partial charge in [0.25, 0.3) is 5.91 Å². The van der Waals surface area contributed by atoms with Crippen LogP contribution >= 0.6 is 0 Å². The number of carbonyl (C=O) groups excluding carboxylic acids is 1. The molecule has 4 rings (SSSR count). The number of pyridine rings is 2. The Kier molecular flexibility index (Phi) is 7.08. The topological polar surface area (TPSA) is 113 Å². The number of nitrogens with zero attached hydrogens (tertiary/aromatic N) is 4. The molecule has 0 saturated heterocycles. The van der Waals surface area contributed by atoms with Crippen molar-refractivity contribution in [1.29, 1.82) is 0 Å². The molecule has 0 spiro atoms. The van der Waals surface area contributed by atoms with Gasteiger partial charge in [-0.25, -0.2) is 9.97 Å². The van der Waals surface area contributed by atoms with Crippen molar-refractivity contribution in [3.8, 4) is 11.3 Å². The molecule has 34 heavy (non-hydrogen) atoms. The number of aliphatic hydroxyl groups excluding tert-OH is 1. The molecule has 3 N–H and O–H groups in total. The lowest BCUT2D eigenvalue weighted by molar-refractivity contribution is 0.0964. The third-order valence-electron chi connectivity index (χ3n) is 6.16. The van der Waals surface area contributed by atoms with Gasteiger partial charge in [0.2, 0.25) is 0 Å². The molecule has 3 heterocycles. The van der Waals surface area contributed by atoms with E-state index in [0.29, 0.717) is 17.8 Å². The van der Waals surface area contributed by atoms with E-state index < -0.39 is 0 Å². The lowest BCUT2D eigenvalue weighted by Crippen LogP contribution is -2.19. The first-order chi connectivity index (χ1) is 16.5. The minimum atomic E-state index is -0.119. The highest BCUT2D eigenvalue weighted by Gasteiger charge is 2.19. The second-order valence-electron chi connectivity index (χ2n) is 8.31. The number of hydrogen-bond donors (Lipinski definition) is 3. The van der Waals surface area contributed by atoms with Gasteiger partial charge in [0.15, 0.2) is 0 Å². The normalized spacial score (nSPS) is 12.8. The highest BCUT2D eigenvalue weighted by molar-refractivity contribution is 6.06. The van der Waals surface area contributed by atoms with E-state index in [1.807, 2.05) is 30.3 Å². The molecule has 1 unspecified atom stereocenters. The van der Waals surface area contributed by atoms with Crippen molar-refractivity contribution in [3.05, 3.63) is 78.0 Å². The molecule has 3 aromatic heterocycles. The van der Waals surface area contributed by atoms with Crippen LogP contribution in [0, 0.1) is 5.92 Å². The molecule has 0 saturated carbocycles. The summed E-state index contributed by atoms with van der Waals surface area (Å²) in [4.78, 5) is 29.7. The molecule has 2 atom stereocenters. The number of carbonyl (C=O) groups is 1. The minimum absolute atomic E-state index is 0.118. The van der Waals surface area contributed by atoms with Crippen LogP contribution in [0.15, 0.2) is 61.2 Å². The number of aromatic nitrogens is 4. The lowest BCUT2D eigenvalue weighted by atomic mass is 9.87. The van der Waals surface area contributed by atoms with E-state index in [2.05, 4.69) is 50.5 Å². The van der Waals surface area contributed by atoms with Crippen LogP contribution in [0.5, 0.6) is 0 Å². The van der Waals surface area contributed by atoms with Crippen molar-refractivity contribution in [3.63, 3.8) is 0 Å². The average molecular weight is 457 g/mol. The summed E-state index contributed by atoms with van der Waals surface area (Å²) in [6, 6.07) is 13.3. The van der Waals surface area contributed by atoms with Crippen LogP contribution in [0.3, 0.4) is 0 Å².